The third-order valence-corrected chi connectivity index (χ3v) is 6.62. The average Bonchev–Trinajstić information content (AvgIpc) is 3.02. The molecule has 168 valence electrons. The number of fused-ring (bicyclic) bond motifs is 5. The predicted octanol–water partition coefficient (Wildman–Crippen LogP) is 6.21. The van der Waals surface area contributed by atoms with Crippen LogP contribution in [0.3, 0.4) is 0 Å². The van der Waals surface area contributed by atoms with E-state index < -0.39 is 0 Å². The predicted molar refractivity (Wildman–Crippen MR) is 134 cm³/mol. The lowest BCUT2D eigenvalue weighted by molar-refractivity contribution is 0.112. The van der Waals surface area contributed by atoms with Crippen LogP contribution in [0.15, 0.2) is 48.5 Å². The molecule has 0 aliphatic carbocycles. The van der Waals surface area contributed by atoms with E-state index in [1.165, 1.54) is 22.4 Å². The van der Waals surface area contributed by atoms with Gasteiger partial charge in [-0.25, -0.2) is 0 Å². The molecule has 0 saturated heterocycles. The van der Waals surface area contributed by atoms with E-state index in [0.29, 0.717) is 11.3 Å². The van der Waals surface area contributed by atoms with Gasteiger partial charge in [0.25, 0.3) is 0 Å². The van der Waals surface area contributed by atoms with Crippen molar-refractivity contribution < 1.29 is 14.3 Å². The molecule has 1 aliphatic rings. The van der Waals surface area contributed by atoms with Crippen molar-refractivity contribution in [2.75, 3.05) is 25.7 Å². The van der Waals surface area contributed by atoms with Crippen molar-refractivity contribution in [3.05, 3.63) is 70.8 Å². The molecule has 2 heterocycles. The van der Waals surface area contributed by atoms with E-state index in [2.05, 4.69) is 54.5 Å². The average molecular weight is 441 g/mol. The third kappa shape index (κ3) is 3.18. The van der Waals surface area contributed by atoms with Gasteiger partial charge < -0.3 is 18.9 Å². The van der Waals surface area contributed by atoms with Crippen LogP contribution in [0.25, 0.3) is 22.2 Å². The summed E-state index contributed by atoms with van der Waals surface area (Å²) < 4.78 is 13.8. The molecular formula is C28H28N2O3. The zero-order chi connectivity index (χ0) is 23.3. The van der Waals surface area contributed by atoms with Crippen molar-refractivity contribution in [3.63, 3.8) is 0 Å². The zero-order valence-electron chi connectivity index (χ0n) is 19.7. The highest BCUT2D eigenvalue weighted by Gasteiger charge is 2.31. The lowest BCUT2D eigenvalue weighted by atomic mass is 9.99. The number of benzene rings is 3. The fourth-order valence-corrected chi connectivity index (χ4v) is 5.41. The first-order valence-electron chi connectivity index (χ1n) is 11.2. The molecule has 0 N–H and O–H groups in total. The van der Waals surface area contributed by atoms with E-state index in [0.717, 1.165) is 53.0 Å². The molecule has 0 unspecified atom stereocenters. The first-order chi connectivity index (χ1) is 16.0. The van der Waals surface area contributed by atoms with Gasteiger partial charge in [-0.3, -0.25) is 4.79 Å². The van der Waals surface area contributed by atoms with Crippen LogP contribution in [0.4, 0.5) is 11.4 Å². The van der Waals surface area contributed by atoms with E-state index in [4.69, 9.17) is 9.47 Å². The summed E-state index contributed by atoms with van der Waals surface area (Å²) in [6.45, 7) is 7.92. The Morgan fingerprint density at radius 3 is 2.30 bits per heavy atom. The highest BCUT2D eigenvalue weighted by molar-refractivity contribution is 6.08. The van der Waals surface area contributed by atoms with Crippen molar-refractivity contribution in [1.29, 1.82) is 0 Å². The normalized spacial score (nSPS) is 12.8. The van der Waals surface area contributed by atoms with E-state index in [-0.39, 0.29) is 0 Å². The number of nitrogens with zero attached hydrogens (tertiary/aromatic N) is 2. The molecule has 0 spiro atoms. The van der Waals surface area contributed by atoms with Gasteiger partial charge in [-0.1, -0.05) is 35.9 Å². The van der Waals surface area contributed by atoms with Crippen molar-refractivity contribution >= 4 is 28.6 Å². The molecule has 5 nitrogen and oxygen atoms in total. The number of aldehydes is 1. The van der Waals surface area contributed by atoms with Gasteiger partial charge >= 0.3 is 0 Å². The van der Waals surface area contributed by atoms with Crippen LogP contribution >= 0.6 is 0 Å². The van der Waals surface area contributed by atoms with E-state index in [1.807, 2.05) is 24.3 Å². The van der Waals surface area contributed by atoms with Crippen molar-refractivity contribution in [1.82, 2.24) is 4.57 Å². The van der Waals surface area contributed by atoms with Gasteiger partial charge in [-0.2, -0.15) is 0 Å². The molecule has 3 aromatic carbocycles. The molecule has 0 saturated carbocycles. The lowest BCUT2D eigenvalue weighted by Gasteiger charge is -2.29. The first-order valence-corrected chi connectivity index (χ1v) is 11.2. The molecule has 0 amide bonds. The molecule has 1 aromatic heterocycles. The molecular weight excluding hydrogens is 412 g/mol. The van der Waals surface area contributed by atoms with Crippen molar-refractivity contribution in [2.24, 2.45) is 0 Å². The number of anilines is 2. The second kappa shape index (κ2) is 8.00. The fourth-order valence-electron chi connectivity index (χ4n) is 5.41. The second-order valence-corrected chi connectivity index (χ2v) is 8.67. The smallest absolute Gasteiger partial charge is 0.152 e. The number of carbonyl (C=O) groups excluding carboxylic acids is 1. The van der Waals surface area contributed by atoms with Crippen LogP contribution in [0.5, 0.6) is 11.5 Å². The summed E-state index contributed by atoms with van der Waals surface area (Å²) in [5, 5.41) is 0.961. The maximum Gasteiger partial charge on any atom is 0.152 e. The molecule has 0 atom stereocenters. The standard InChI is InChI=1S/C28H28N2O3/c1-17-12-18(2)27(19(3)13-17)30-11-10-29-23-9-7-6-8-21(23)22(16-31)28(29)26-24(30)14-20(32-4)15-25(26)33-5/h6-9,12-16H,10-11H2,1-5H3. The third-order valence-electron chi connectivity index (χ3n) is 6.62. The largest absolute Gasteiger partial charge is 0.497 e. The summed E-state index contributed by atoms with van der Waals surface area (Å²) in [5.74, 6) is 1.40. The quantitative estimate of drug-likeness (QED) is 0.354. The van der Waals surface area contributed by atoms with Gasteiger partial charge in [0.15, 0.2) is 6.29 Å². The van der Waals surface area contributed by atoms with Crippen LogP contribution in [0.2, 0.25) is 0 Å². The Bertz CT molecular complexity index is 1380. The minimum Gasteiger partial charge on any atom is -0.497 e. The number of carbonyl (C=O) groups is 1. The van der Waals surface area contributed by atoms with E-state index in [9.17, 15) is 4.79 Å². The Balaban J connectivity index is 1.90. The maximum atomic E-state index is 12.4. The Morgan fingerprint density at radius 1 is 0.909 bits per heavy atom. The van der Waals surface area contributed by atoms with Gasteiger partial charge in [0.05, 0.1) is 31.2 Å². The summed E-state index contributed by atoms with van der Waals surface area (Å²) in [6, 6.07) is 16.5. The monoisotopic (exact) mass is 440 g/mol. The van der Waals surface area contributed by atoms with Crippen LogP contribution in [-0.2, 0) is 6.54 Å². The molecule has 1 aliphatic heterocycles. The molecule has 5 rings (SSSR count). The number of aryl methyl sites for hydroxylation is 3. The second-order valence-electron chi connectivity index (χ2n) is 8.67. The number of methoxy groups -OCH3 is 2. The number of hydrogen-bond donors (Lipinski definition) is 0. The number of rotatable bonds is 4. The molecule has 0 bridgehead atoms. The van der Waals surface area contributed by atoms with Gasteiger partial charge in [-0.15, -0.1) is 0 Å². The van der Waals surface area contributed by atoms with Gasteiger partial charge in [0, 0.05) is 47.4 Å². The van der Waals surface area contributed by atoms with Gasteiger partial charge in [0.1, 0.15) is 11.5 Å². The van der Waals surface area contributed by atoms with Crippen LogP contribution in [-0.4, -0.2) is 31.6 Å². The summed E-state index contributed by atoms with van der Waals surface area (Å²) in [6.07, 6.45) is 0.972. The minimum absolute atomic E-state index is 0.686. The SMILES string of the molecule is COc1cc(OC)c2c(c1)N(c1c(C)cc(C)cc1C)CCn1c-2c(C=O)c2ccccc21. The Morgan fingerprint density at radius 2 is 1.64 bits per heavy atom. The van der Waals surface area contributed by atoms with Crippen LogP contribution < -0.4 is 14.4 Å². The lowest BCUT2D eigenvalue weighted by Crippen LogP contribution is -2.22. The van der Waals surface area contributed by atoms with Gasteiger partial charge in [0.2, 0.25) is 0 Å². The highest BCUT2D eigenvalue weighted by Crippen LogP contribution is 2.49. The van der Waals surface area contributed by atoms with Crippen molar-refractivity contribution in [2.45, 2.75) is 27.3 Å². The minimum atomic E-state index is 0.686. The zero-order valence-corrected chi connectivity index (χ0v) is 19.7. The number of para-hydroxylation sites is 1. The van der Waals surface area contributed by atoms with E-state index >= 15 is 0 Å². The summed E-state index contributed by atoms with van der Waals surface area (Å²) in [4.78, 5) is 14.8. The Kier molecular flexibility index (Phi) is 5.12. The summed E-state index contributed by atoms with van der Waals surface area (Å²) >= 11 is 0. The number of aromatic nitrogens is 1. The molecule has 5 heteroatoms. The van der Waals surface area contributed by atoms with Crippen LogP contribution in [0.1, 0.15) is 27.0 Å². The maximum absolute atomic E-state index is 12.4. The van der Waals surface area contributed by atoms with Crippen LogP contribution in [0, 0.1) is 20.8 Å². The Labute approximate surface area is 194 Å². The van der Waals surface area contributed by atoms with Crippen molar-refractivity contribution in [3.8, 4) is 22.8 Å². The number of ether oxygens (including phenoxy) is 2. The van der Waals surface area contributed by atoms with E-state index in [1.54, 1.807) is 14.2 Å². The number of hydrogen-bond acceptors (Lipinski definition) is 4. The molecule has 4 aromatic rings. The molecule has 33 heavy (non-hydrogen) atoms. The molecule has 0 radical (unpaired) electrons. The highest BCUT2D eigenvalue weighted by atomic mass is 16.5. The Hall–Kier alpha value is -3.73. The first kappa shape index (κ1) is 21.1. The topological polar surface area (TPSA) is 43.7 Å². The summed E-state index contributed by atoms with van der Waals surface area (Å²) in [5.41, 5.74) is 9.38. The fraction of sp³-hybridized carbons (Fsp3) is 0.250. The van der Waals surface area contributed by atoms with Gasteiger partial charge in [-0.05, 0) is 38.0 Å². The molecule has 0 fully saturated rings. The summed E-state index contributed by atoms with van der Waals surface area (Å²) in [7, 11) is 3.33.